The molecular formula is C25H28N2O2. The van der Waals surface area contributed by atoms with Crippen LogP contribution in [0.3, 0.4) is 0 Å². The molecule has 0 saturated carbocycles. The first-order chi connectivity index (χ1) is 13.7. The molecule has 3 aromatic rings. The summed E-state index contributed by atoms with van der Waals surface area (Å²) < 4.78 is 0. The molecule has 0 spiro atoms. The van der Waals surface area contributed by atoms with Crippen molar-refractivity contribution in [1.82, 2.24) is 5.32 Å². The van der Waals surface area contributed by atoms with Gasteiger partial charge in [0.2, 0.25) is 11.8 Å². The third-order valence-corrected chi connectivity index (χ3v) is 5.12. The molecule has 1 atom stereocenters. The lowest BCUT2D eigenvalue weighted by Crippen LogP contribution is -2.46. The topological polar surface area (TPSA) is 72.2 Å². The highest BCUT2D eigenvalue weighted by Gasteiger charge is 2.20. The Hall–Kier alpha value is -3.14. The summed E-state index contributed by atoms with van der Waals surface area (Å²) in [6.07, 6.45) is 0.584. The zero-order chi connectivity index (χ0) is 21.0. The highest BCUT2D eigenvalue weighted by Crippen LogP contribution is 2.22. The number of fused-ring (bicyclic) bond motifs is 1. The molecule has 0 aromatic heterocycles. The standard InChI is InChI=1S/C25H28N2O2/c1-25(2,3)21-12-9-17(10-13-21)15-22(24(26)29)27-23(28)16-18-8-11-19-6-4-5-7-20(19)14-18/h4-14,22H,15-16H2,1-3H3,(H2,26,29)(H,27,28)/t22-/m0/s1. The maximum atomic E-state index is 12.5. The van der Waals surface area contributed by atoms with Crippen molar-refractivity contribution in [3.8, 4) is 0 Å². The van der Waals surface area contributed by atoms with Crippen LogP contribution in [-0.2, 0) is 27.8 Å². The van der Waals surface area contributed by atoms with Crippen molar-refractivity contribution in [2.75, 3.05) is 0 Å². The summed E-state index contributed by atoms with van der Waals surface area (Å²) in [5, 5.41) is 5.01. The minimum absolute atomic E-state index is 0.0652. The van der Waals surface area contributed by atoms with Gasteiger partial charge < -0.3 is 11.1 Å². The molecule has 2 amide bonds. The first-order valence-electron chi connectivity index (χ1n) is 9.88. The van der Waals surface area contributed by atoms with E-state index in [-0.39, 0.29) is 17.7 Å². The van der Waals surface area contributed by atoms with Gasteiger partial charge in [-0.05, 0) is 32.9 Å². The fraction of sp³-hybridized carbons (Fsp3) is 0.280. The summed E-state index contributed by atoms with van der Waals surface area (Å²) in [5.41, 5.74) is 8.70. The Morgan fingerprint density at radius 2 is 1.52 bits per heavy atom. The van der Waals surface area contributed by atoms with Gasteiger partial charge in [-0.1, -0.05) is 87.5 Å². The van der Waals surface area contributed by atoms with Crippen LogP contribution in [0, 0.1) is 0 Å². The molecule has 150 valence electrons. The van der Waals surface area contributed by atoms with E-state index in [4.69, 9.17) is 5.73 Å². The van der Waals surface area contributed by atoms with Gasteiger partial charge in [-0.3, -0.25) is 9.59 Å². The minimum Gasteiger partial charge on any atom is -0.368 e. The first kappa shape index (κ1) is 20.6. The normalized spacial score (nSPS) is 12.5. The maximum absolute atomic E-state index is 12.5. The molecule has 3 rings (SSSR count). The number of hydrogen-bond donors (Lipinski definition) is 2. The van der Waals surface area contributed by atoms with E-state index < -0.39 is 11.9 Å². The molecule has 0 radical (unpaired) electrons. The summed E-state index contributed by atoms with van der Waals surface area (Å²) in [5.74, 6) is -0.743. The molecule has 0 aliphatic rings. The van der Waals surface area contributed by atoms with Crippen molar-refractivity contribution < 1.29 is 9.59 Å². The molecule has 0 aliphatic carbocycles. The minimum atomic E-state index is -0.733. The molecule has 0 fully saturated rings. The van der Waals surface area contributed by atoms with E-state index in [0.717, 1.165) is 21.9 Å². The van der Waals surface area contributed by atoms with Crippen molar-refractivity contribution in [2.45, 2.75) is 45.1 Å². The summed E-state index contributed by atoms with van der Waals surface area (Å²) in [4.78, 5) is 24.4. The van der Waals surface area contributed by atoms with Gasteiger partial charge in [0.1, 0.15) is 6.04 Å². The number of benzene rings is 3. The van der Waals surface area contributed by atoms with E-state index in [1.807, 2.05) is 54.6 Å². The molecule has 0 bridgehead atoms. The van der Waals surface area contributed by atoms with Gasteiger partial charge in [0.15, 0.2) is 0 Å². The average Bonchev–Trinajstić information content (AvgIpc) is 2.67. The van der Waals surface area contributed by atoms with Crippen LogP contribution in [0.25, 0.3) is 10.8 Å². The smallest absolute Gasteiger partial charge is 0.240 e. The van der Waals surface area contributed by atoms with Crippen LogP contribution in [0.15, 0.2) is 66.7 Å². The molecule has 3 N–H and O–H groups in total. The number of nitrogens with one attached hydrogen (secondary N) is 1. The summed E-state index contributed by atoms with van der Waals surface area (Å²) in [7, 11) is 0. The van der Waals surface area contributed by atoms with Crippen LogP contribution in [0.5, 0.6) is 0 Å². The number of rotatable bonds is 6. The van der Waals surface area contributed by atoms with Gasteiger partial charge in [0, 0.05) is 6.42 Å². The Labute approximate surface area is 172 Å². The van der Waals surface area contributed by atoms with Gasteiger partial charge in [-0.15, -0.1) is 0 Å². The van der Waals surface area contributed by atoms with Gasteiger partial charge in [-0.2, -0.15) is 0 Å². The molecule has 0 heterocycles. The second-order valence-electron chi connectivity index (χ2n) is 8.53. The largest absolute Gasteiger partial charge is 0.368 e. The average molecular weight is 389 g/mol. The lowest BCUT2D eigenvalue weighted by molar-refractivity contribution is -0.127. The zero-order valence-electron chi connectivity index (χ0n) is 17.2. The SMILES string of the molecule is CC(C)(C)c1ccc(C[C@H](NC(=O)Cc2ccc3ccccc3c2)C(N)=O)cc1. The zero-order valence-corrected chi connectivity index (χ0v) is 17.2. The summed E-state index contributed by atoms with van der Waals surface area (Å²) in [6, 6.07) is 21.3. The van der Waals surface area contributed by atoms with E-state index in [1.165, 1.54) is 5.56 Å². The Balaban J connectivity index is 1.66. The fourth-order valence-electron chi connectivity index (χ4n) is 3.38. The third-order valence-electron chi connectivity index (χ3n) is 5.12. The molecule has 4 heteroatoms. The number of primary amides is 1. The molecule has 3 aromatic carbocycles. The monoisotopic (exact) mass is 388 g/mol. The predicted octanol–water partition coefficient (Wildman–Crippen LogP) is 3.89. The Bertz CT molecular complexity index is 1020. The maximum Gasteiger partial charge on any atom is 0.240 e. The van der Waals surface area contributed by atoms with E-state index in [1.54, 1.807) is 0 Å². The molecule has 4 nitrogen and oxygen atoms in total. The summed E-state index contributed by atoms with van der Waals surface area (Å²) >= 11 is 0. The van der Waals surface area contributed by atoms with E-state index in [9.17, 15) is 9.59 Å². The lowest BCUT2D eigenvalue weighted by Gasteiger charge is -2.20. The number of carbonyl (C=O) groups excluding carboxylic acids is 2. The highest BCUT2D eigenvalue weighted by atomic mass is 16.2. The molecular weight excluding hydrogens is 360 g/mol. The molecule has 29 heavy (non-hydrogen) atoms. The highest BCUT2D eigenvalue weighted by molar-refractivity contribution is 5.89. The van der Waals surface area contributed by atoms with E-state index >= 15 is 0 Å². The molecule has 0 aliphatic heterocycles. The van der Waals surface area contributed by atoms with Crippen molar-refractivity contribution in [2.24, 2.45) is 5.73 Å². The Kier molecular flexibility index (Phi) is 6.02. The first-order valence-corrected chi connectivity index (χ1v) is 9.88. The van der Waals surface area contributed by atoms with Crippen molar-refractivity contribution in [3.05, 3.63) is 83.4 Å². The predicted molar refractivity (Wildman–Crippen MR) is 118 cm³/mol. The van der Waals surface area contributed by atoms with Gasteiger partial charge >= 0.3 is 0 Å². The van der Waals surface area contributed by atoms with Gasteiger partial charge in [-0.25, -0.2) is 0 Å². The fourth-order valence-corrected chi connectivity index (χ4v) is 3.38. The van der Waals surface area contributed by atoms with Gasteiger partial charge in [0.25, 0.3) is 0 Å². The van der Waals surface area contributed by atoms with Crippen LogP contribution in [0.1, 0.15) is 37.5 Å². The van der Waals surface area contributed by atoms with E-state index in [0.29, 0.717) is 6.42 Å². The molecule has 0 saturated heterocycles. The van der Waals surface area contributed by atoms with Crippen LogP contribution >= 0.6 is 0 Å². The molecule has 0 unspecified atom stereocenters. The van der Waals surface area contributed by atoms with Crippen LogP contribution < -0.4 is 11.1 Å². The second-order valence-corrected chi connectivity index (χ2v) is 8.53. The van der Waals surface area contributed by atoms with E-state index in [2.05, 4.69) is 38.2 Å². The quantitative estimate of drug-likeness (QED) is 0.672. The number of nitrogens with two attached hydrogens (primary N) is 1. The lowest BCUT2D eigenvalue weighted by atomic mass is 9.86. The van der Waals surface area contributed by atoms with Crippen LogP contribution in [0.4, 0.5) is 0 Å². The third kappa shape index (κ3) is 5.44. The number of hydrogen-bond acceptors (Lipinski definition) is 2. The van der Waals surface area contributed by atoms with Crippen molar-refractivity contribution in [3.63, 3.8) is 0 Å². The van der Waals surface area contributed by atoms with Crippen LogP contribution in [-0.4, -0.2) is 17.9 Å². The van der Waals surface area contributed by atoms with Gasteiger partial charge in [0.05, 0.1) is 6.42 Å². The van der Waals surface area contributed by atoms with Crippen LogP contribution in [0.2, 0.25) is 0 Å². The van der Waals surface area contributed by atoms with Crippen molar-refractivity contribution >= 4 is 22.6 Å². The Morgan fingerprint density at radius 1 is 0.897 bits per heavy atom. The second kappa shape index (κ2) is 8.48. The number of carbonyl (C=O) groups is 2. The Morgan fingerprint density at radius 3 is 2.14 bits per heavy atom. The van der Waals surface area contributed by atoms with Crippen molar-refractivity contribution in [1.29, 1.82) is 0 Å². The number of amides is 2. The summed E-state index contributed by atoms with van der Waals surface area (Å²) in [6.45, 7) is 6.46.